The molecule has 1 aliphatic rings. The van der Waals surface area contributed by atoms with Gasteiger partial charge in [-0.15, -0.1) is 0 Å². The summed E-state index contributed by atoms with van der Waals surface area (Å²) in [6, 6.07) is 12.1. The lowest BCUT2D eigenvalue weighted by Gasteiger charge is -2.21. The third kappa shape index (κ3) is 5.43. The number of carbonyl (C=O) groups is 1. The number of rotatable bonds is 7. The second kappa shape index (κ2) is 9.36. The molecule has 2 heterocycles. The van der Waals surface area contributed by atoms with Crippen molar-refractivity contribution in [1.29, 1.82) is 0 Å². The van der Waals surface area contributed by atoms with E-state index in [4.69, 9.17) is 30.6 Å². The highest BCUT2D eigenvalue weighted by Gasteiger charge is 2.18. The minimum Gasteiger partial charge on any atom is -0.479 e. The molecule has 1 unspecified atom stereocenters. The van der Waals surface area contributed by atoms with Crippen LogP contribution in [-0.2, 0) is 14.4 Å². The number of hydrogen-bond acceptors (Lipinski definition) is 8. The van der Waals surface area contributed by atoms with Crippen LogP contribution >= 0.6 is 11.6 Å². The van der Waals surface area contributed by atoms with E-state index in [0.29, 0.717) is 33.4 Å². The third-order valence-electron chi connectivity index (χ3n) is 4.15. The summed E-state index contributed by atoms with van der Waals surface area (Å²) < 4.78 is 16.5. The Hall–Kier alpha value is -3.78. The van der Waals surface area contributed by atoms with E-state index in [1.807, 2.05) is 0 Å². The smallest absolute Gasteiger partial charge is 0.348 e. The molecule has 31 heavy (non-hydrogen) atoms. The Bertz CT molecular complexity index is 1130. The molecule has 0 saturated heterocycles. The first-order valence-electron chi connectivity index (χ1n) is 9.37. The molecule has 1 atom stereocenters. The number of hydroxylamine groups is 2. The maximum absolute atomic E-state index is 12.1. The van der Waals surface area contributed by atoms with Crippen LogP contribution in [0.5, 0.6) is 17.4 Å². The van der Waals surface area contributed by atoms with Crippen LogP contribution in [0.4, 0.5) is 0 Å². The van der Waals surface area contributed by atoms with Gasteiger partial charge >= 0.3 is 5.97 Å². The number of carbonyl (C=O) groups excluding carboxylic acids is 1. The highest BCUT2D eigenvalue weighted by atomic mass is 35.5. The fraction of sp³-hybridized carbons (Fsp3) is 0.136. The standard InChI is InChI=1S/C22H18ClN3O5/c1-15(22(27)28-14-26-10-2-3-11-29-26)30-17-5-7-18(8-6-17)31-21-13-24-20-12-16(23)4-9-19(20)25-21/h2-13,15H,14H2,1H3. The fourth-order valence-corrected chi connectivity index (χ4v) is 2.80. The molecule has 0 spiro atoms. The molecule has 1 aliphatic heterocycles. The van der Waals surface area contributed by atoms with Crippen LogP contribution in [0.2, 0.25) is 5.02 Å². The predicted molar refractivity (Wildman–Crippen MR) is 113 cm³/mol. The molecule has 0 aliphatic carbocycles. The zero-order valence-corrected chi connectivity index (χ0v) is 17.2. The summed E-state index contributed by atoms with van der Waals surface area (Å²) in [6.45, 7) is 1.57. The topological polar surface area (TPSA) is 83.0 Å². The molecule has 4 rings (SSSR count). The van der Waals surface area contributed by atoms with Crippen molar-refractivity contribution in [3.05, 3.63) is 78.3 Å². The van der Waals surface area contributed by atoms with Crippen molar-refractivity contribution < 1.29 is 23.8 Å². The molecule has 8 nitrogen and oxygen atoms in total. The van der Waals surface area contributed by atoms with E-state index in [1.54, 1.807) is 67.7 Å². The van der Waals surface area contributed by atoms with E-state index in [-0.39, 0.29) is 6.73 Å². The second-order valence-electron chi connectivity index (χ2n) is 6.46. The van der Waals surface area contributed by atoms with Crippen molar-refractivity contribution >= 4 is 28.6 Å². The number of esters is 1. The van der Waals surface area contributed by atoms with Crippen molar-refractivity contribution in [3.8, 4) is 17.4 Å². The van der Waals surface area contributed by atoms with Gasteiger partial charge in [-0.1, -0.05) is 11.6 Å². The van der Waals surface area contributed by atoms with E-state index < -0.39 is 12.1 Å². The average Bonchev–Trinajstić information content (AvgIpc) is 2.79. The molecule has 0 saturated carbocycles. The molecule has 158 valence electrons. The number of hydrogen-bond donors (Lipinski definition) is 0. The van der Waals surface area contributed by atoms with Gasteiger partial charge in [-0.2, -0.15) is 5.06 Å². The van der Waals surface area contributed by atoms with Crippen LogP contribution < -0.4 is 9.47 Å². The summed E-state index contributed by atoms with van der Waals surface area (Å²) in [4.78, 5) is 25.9. The first kappa shape index (κ1) is 20.5. The Balaban J connectivity index is 1.31. The van der Waals surface area contributed by atoms with E-state index in [0.717, 1.165) is 0 Å². The van der Waals surface area contributed by atoms with Gasteiger partial charge in [0.25, 0.3) is 0 Å². The number of nitrogens with zero attached hydrogens (tertiary/aromatic N) is 3. The maximum atomic E-state index is 12.1. The molecule has 0 fully saturated rings. The quantitative estimate of drug-likeness (QED) is 0.493. The van der Waals surface area contributed by atoms with E-state index in [2.05, 4.69) is 9.97 Å². The molecule has 2 aromatic carbocycles. The number of halogens is 1. The normalized spacial score (nSPS) is 13.5. The summed E-state index contributed by atoms with van der Waals surface area (Å²) in [7, 11) is 0. The van der Waals surface area contributed by atoms with E-state index in [1.165, 1.54) is 17.5 Å². The van der Waals surface area contributed by atoms with Gasteiger partial charge in [0.2, 0.25) is 5.88 Å². The number of ether oxygens (including phenoxy) is 3. The summed E-state index contributed by atoms with van der Waals surface area (Å²) in [5.41, 5.74) is 1.36. The van der Waals surface area contributed by atoms with Crippen molar-refractivity contribution in [2.45, 2.75) is 13.0 Å². The Labute approximate surface area is 183 Å². The fourth-order valence-electron chi connectivity index (χ4n) is 2.63. The lowest BCUT2D eigenvalue weighted by Crippen LogP contribution is -2.30. The summed E-state index contributed by atoms with van der Waals surface area (Å²) in [5, 5.41) is 1.97. The zero-order valence-electron chi connectivity index (χ0n) is 16.5. The van der Waals surface area contributed by atoms with Crippen LogP contribution in [0.1, 0.15) is 6.92 Å². The minimum absolute atomic E-state index is 0.0425. The summed E-state index contributed by atoms with van der Waals surface area (Å²) >= 11 is 5.96. The first-order chi connectivity index (χ1) is 15.1. The van der Waals surface area contributed by atoms with Crippen molar-refractivity contribution in [1.82, 2.24) is 15.0 Å². The van der Waals surface area contributed by atoms with Crippen LogP contribution in [-0.4, -0.2) is 33.8 Å². The molecule has 0 bridgehead atoms. The Morgan fingerprint density at radius 1 is 1.13 bits per heavy atom. The number of allylic oxidation sites excluding steroid dienone is 2. The van der Waals surface area contributed by atoms with Gasteiger partial charge in [0, 0.05) is 11.2 Å². The Morgan fingerprint density at radius 2 is 1.94 bits per heavy atom. The van der Waals surface area contributed by atoms with E-state index >= 15 is 0 Å². The Kier molecular flexibility index (Phi) is 6.18. The van der Waals surface area contributed by atoms with Gasteiger partial charge in [0.05, 0.1) is 17.2 Å². The van der Waals surface area contributed by atoms with E-state index in [9.17, 15) is 4.79 Å². The van der Waals surface area contributed by atoms with Gasteiger partial charge in [-0.05, 0) is 61.5 Å². The van der Waals surface area contributed by atoms with Crippen molar-refractivity contribution in [2.24, 2.45) is 0 Å². The first-order valence-corrected chi connectivity index (χ1v) is 9.75. The van der Waals surface area contributed by atoms with Gasteiger partial charge < -0.3 is 19.0 Å². The molecule has 3 aromatic rings. The van der Waals surface area contributed by atoms with Crippen LogP contribution in [0.3, 0.4) is 0 Å². The van der Waals surface area contributed by atoms with Gasteiger partial charge in [-0.3, -0.25) is 0 Å². The minimum atomic E-state index is -0.797. The molecule has 0 N–H and O–H groups in total. The molecular formula is C22H18ClN3O5. The van der Waals surface area contributed by atoms with Gasteiger partial charge in [0.1, 0.15) is 17.8 Å². The molecule has 1 aromatic heterocycles. The predicted octanol–water partition coefficient (Wildman–Crippen LogP) is 4.62. The largest absolute Gasteiger partial charge is 0.479 e. The lowest BCUT2D eigenvalue weighted by molar-refractivity contribution is -0.174. The molecule has 0 radical (unpaired) electrons. The average molecular weight is 440 g/mol. The second-order valence-corrected chi connectivity index (χ2v) is 6.90. The molecule has 9 heteroatoms. The van der Waals surface area contributed by atoms with Crippen LogP contribution in [0.25, 0.3) is 11.0 Å². The van der Waals surface area contributed by atoms with Gasteiger partial charge in [0.15, 0.2) is 12.8 Å². The summed E-state index contributed by atoms with van der Waals surface area (Å²) in [5.74, 6) is 0.878. The lowest BCUT2D eigenvalue weighted by atomic mass is 10.3. The molecule has 0 amide bonds. The highest BCUT2D eigenvalue weighted by Crippen LogP contribution is 2.25. The molecular weight excluding hydrogens is 422 g/mol. The van der Waals surface area contributed by atoms with Crippen molar-refractivity contribution in [3.63, 3.8) is 0 Å². The van der Waals surface area contributed by atoms with Crippen LogP contribution in [0.15, 0.2) is 73.3 Å². The number of aromatic nitrogens is 2. The third-order valence-corrected chi connectivity index (χ3v) is 4.38. The van der Waals surface area contributed by atoms with Crippen molar-refractivity contribution in [2.75, 3.05) is 6.73 Å². The monoisotopic (exact) mass is 439 g/mol. The Morgan fingerprint density at radius 3 is 2.71 bits per heavy atom. The zero-order chi connectivity index (χ0) is 21.6. The highest BCUT2D eigenvalue weighted by molar-refractivity contribution is 6.31. The van der Waals surface area contributed by atoms with Gasteiger partial charge in [-0.25, -0.2) is 14.8 Å². The SMILES string of the molecule is CC(Oc1ccc(Oc2cnc3cc(Cl)ccc3n2)cc1)C(=O)OCN1C=CC=CO1. The summed E-state index contributed by atoms with van der Waals surface area (Å²) in [6.07, 6.45) is 7.34. The van der Waals surface area contributed by atoms with Crippen LogP contribution in [0, 0.1) is 0 Å². The maximum Gasteiger partial charge on any atom is 0.348 e. The number of fused-ring (bicyclic) bond motifs is 1. The number of benzene rings is 2.